The highest BCUT2D eigenvalue weighted by atomic mass is 15.5. The quantitative estimate of drug-likeness (QED) is 0.656. The molecule has 122 valence electrons. The van der Waals surface area contributed by atoms with E-state index in [1.807, 2.05) is 0 Å². The first-order valence-electron chi connectivity index (χ1n) is 8.81. The van der Waals surface area contributed by atoms with Crippen LogP contribution >= 0.6 is 0 Å². The van der Waals surface area contributed by atoms with Crippen LogP contribution in [0.4, 0.5) is 11.5 Å². The van der Waals surface area contributed by atoms with E-state index in [-0.39, 0.29) is 5.54 Å². The Morgan fingerprint density at radius 2 is 1.79 bits per heavy atom. The number of hydrogen-bond acceptors (Lipinski definition) is 2. The molecule has 4 heterocycles. The van der Waals surface area contributed by atoms with Crippen LogP contribution in [0, 0.1) is 0 Å². The van der Waals surface area contributed by atoms with Gasteiger partial charge >= 0.3 is 0 Å². The van der Waals surface area contributed by atoms with Crippen molar-refractivity contribution in [3.63, 3.8) is 0 Å². The van der Waals surface area contributed by atoms with Crippen LogP contribution in [0.5, 0.6) is 0 Å². The van der Waals surface area contributed by atoms with Crippen LogP contribution in [-0.2, 0) is 12.6 Å². The Hall–Kier alpha value is -2.42. The van der Waals surface area contributed by atoms with Crippen molar-refractivity contribution in [1.29, 1.82) is 0 Å². The van der Waals surface area contributed by atoms with E-state index in [2.05, 4.69) is 89.9 Å². The van der Waals surface area contributed by atoms with Gasteiger partial charge in [0.2, 0.25) is 0 Å². The molecule has 0 saturated carbocycles. The molecule has 1 saturated heterocycles. The SMILES string of the molecule is CC1N2CCC(C)(c3ccccc32)N1c1cc2ccccc2n1C. The lowest BCUT2D eigenvalue weighted by Crippen LogP contribution is -2.66. The third kappa shape index (κ3) is 1.57. The summed E-state index contributed by atoms with van der Waals surface area (Å²) in [6.45, 7) is 5.89. The van der Waals surface area contributed by atoms with Crippen molar-refractivity contribution in [2.24, 2.45) is 7.05 Å². The molecule has 1 aromatic heterocycles. The molecule has 1 fully saturated rings. The second-order valence-electron chi connectivity index (χ2n) is 7.36. The van der Waals surface area contributed by atoms with Gasteiger partial charge < -0.3 is 14.4 Å². The Labute approximate surface area is 143 Å². The molecular formula is C21H23N3. The van der Waals surface area contributed by atoms with Crippen molar-refractivity contribution in [2.75, 3.05) is 16.3 Å². The Morgan fingerprint density at radius 1 is 1.04 bits per heavy atom. The summed E-state index contributed by atoms with van der Waals surface area (Å²) < 4.78 is 2.35. The predicted octanol–water partition coefficient (Wildman–Crippen LogP) is 4.47. The lowest BCUT2D eigenvalue weighted by atomic mass is 9.78. The summed E-state index contributed by atoms with van der Waals surface area (Å²) in [5, 5.41) is 1.32. The van der Waals surface area contributed by atoms with Gasteiger partial charge in [-0.3, -0.25) is 0 Å². The molecule has 6 rings (SSSR count). The molecule has 3 aromatic rings. The van der Waals surface area contributed by atoms with Gasteiger partial charge in [0.15, 0.2) is 0 Å². The van der Waals surface area contributed by atoms with Crippen molar-refractivity contribution in [3.8, 4) is 0 Å². The molecule has 3 nitrogen and oxygen atoms in total. The summed E-state index contributed by atoms with van der Waals surface area (Å²) >= 11 is 0. The van der Waals surface area contributed by atoms with Gasteiger partial charge in [0.1, 0.15) is 12.0 Å². The molecule has 2 bridgehead atoms. The van der Waals surface area contributed by atoms with E-state index in [4.69, 9.17) is 0 Å². The molecule has 0 N–H and O–H groups in total. The number of hydrogen-bond donors (Lipinski definition) is 0. The number of nitrogens with zero attached hydrogens (tertiary/aromatic N) is 3. The fraction of sp³-hybridized carbons (Fsp3) is 0.333. The molecule has 0 radical (unpaired) electrons. The molecule has 2 aromatic carbocycles. The fourth-order valence-electron chi connectivity index (χ4n) is 4.91. The first-order valence-corrected chi connectivity index (χ1v) is 8.81. The van der Waals surface area contributed by atoms with E-state index in [0.717, 1.165) is 13.0 Å². The van der Waals surface area contributed by atoms with E-state index < -0.39 is 0 Å². The van der Waals surface area contributed by atoms with E-state index in [1.54, 1.807) is 0 Å². The zero-order valence-corrected chi connectivity index (χ0v) is 14.5. The molecule has 3 aliphatic heterocycles. The molecule has 0 amide bonds. The van der Waals surface area contributed by atoms with Crippen LogP contribution in [0.25, 0.3) is 10.9 Å². The van der Waals surface area contributed by atoms with E-state index in [0.29, 0.717) is 6.17 Å². The summed E-state index contributed by atoms with van der Waals surface area (Å²) in [6.07, 6.45) is 1.53. The molecule has 3 heteroatoms. The van der Waals surface area contributed by atoms with Crippen LogP contribution in [0.2, 0.25) is 0 Å². The molecule has 2 unspecified atom stereocenters. The Kier molecular flexibility index (Phi) is 2.66. The zero-order chi connectivity index (χ0) is 16.5. The van der Waals surface area contributed by atoms with E-state index >= 15 is 0 Å². The number of benzene rings is 2. The highest BCUT2D eigenvalue weighted by Crippen LogP contribution is 2.51. The van der Waals surface area contributed by atoms with E-state index in [9.17, 15) is 0 Å². The Bertz CT molecular complexity index is 941. The van der Waals surface area contributed by atoms with Gasteiger partial charge in [-0.15, -0.1) is 0 Å². The average molecular weight is 317 g/mol. The van der Waals surface area contributed by atoms with Crippen LogP contribution < -0.4 is 9.80 Å². The number of aryl methyl sites for hydroxylation is 1. The third-order valence-electron chi connectivity index (χ3n) is 6.16. The predicted molar refractivity (Wildman–Crippen MR) is 101 cm³/mol. The van der Waals surface area contributed by atoms with Gasteiger partial charge in [0.25, 0.3) is 0 Å². The second kappa shape index (κ2) is 4.56. The monoisotopic (exact) mass is 317 g/mol. The van der Waals surface area contributed by atoms with Crippen molar-refractivity contribution >= 4 is 22.4 Å². The second-order valence-corrected chi connectivity index (χ2v) is 7.36. The summed E-state index contributed by atoms with van der Waals surface area (Å²) in [5.41, 5.74) is 4.22. The zero-order valence-electron chi connectivity index (χ0n) is 14.5. The number of rotatable bonds is 1. The summed E-state index contributed by atoms with van der Waals surface area (Å²) in [4.78, 5) is 5.18. The third-order valence-corrected chi connectivity index (χ3v) is 6.16. The molecule has 3 aliphatic rings. The van der Waals surface area contributed by atoms with Crippen molar-refractivity contribution in [1.82, 2.24) is 4.57 Å². The maximum atomic E-state index is 2.62. The van der Waals surface area contributed by atoms with Gasteiger partial charge in [-0.2, -0.15) is 0 Å². The van der Waals surface area contributed by atoms with Gasteiger partial charge in [-0.25, -0.2) is 0 Å². The lowest BCUT2D eigenvalue weighted by molar-refractivity contribution is 0.290. The number of para-hydroxylation sites is 2. The maximum absolute atomic E-state index is 2.62. The van der Waals surface area contributed by atoms with Crippen LogP contribution in [0.1, 0.15) is 25.8 Å². The maximum Gasteiger partial charge on any atom is 0.111 e. The highest BCUT2D eigenvalue weighted by Gasteiger charge is 2.50. The summed E-state index contributed by atoms with van der Waals surface area (Å²) in [6, 6.07) is 19.9. The topological polar surface area (TPSA) is 11.4 Å². The van der Waals surface area contributed by atoms with Crippen LogP contribution in [0.3, 0.4) is 0 Å². The van der Waals surface area contributed by atoms with Crippen molar-refractivity contribution < 1.29 is 0 Å². The Balaban J connectivity index is 1.75. The summed E-state index contributed by atoms with van der Waals surface area (Å²) in [7, 11) is 2.19. The van der Waals surface area contributed by atoms with Crippen molar-refractivity contribution in [2.45, 2.75) is 32.0 Å². The van der Waals surface area contributed by atoms with Crippen LogP contribution in [0.15, 0.2) is 54.6 Å². The average Bonchev–Trinajstić information content (AvgIpc) is 2.92. The number of fused-ring (bicyclic) bond motifs is 3. The van der Waals surface area contributed by atoms with Gasteiger partial charge in [0.05, 0.1) is 5.54 Å². The van der Waals surface area contributed by atoms with Gasteiger partial charge in [0, 0.05) is 35.7 Å². The standard InChI is InChI=1S/C21H23N3/c1-15-23-13-12-21(2,17-9-5-7-11-19(17)23)24(15)20-14-16-8-4-6-10-18(16)22(20)3/h4-11,14-15H,12-13H2,1-3H3. The van der Waals surface area contributed by atoms with Crippen molar-refractivity contribution in [3.05, 3.63) is 60.2 Å². The number of aromatic nitrogens is 1. The van der Waals surface area contributed by atoms with E-state index in [1.165, 1.54) is 28.0 Å². The molecular weight excluding hydrogens is 294 g/mol. The highest BCUT2D eigenvalue weighted by molar-refractivity contribution is 5.86. The molecule has 0 spiro atoms. The normalized spacial score (nSPS) is 25.4. The number of anilines is 2. The fourth-order valence-corrected chi connectivity index (χ4v) is 4.91. The first kappa shape index (κ1) is 14.0. The largest absolute Gasteiger partial charge is 0.351 e. The Morgan fingerprint density at radius 3 is 2.62 bits per heavy atom. The van der Waals surface area contributed by atoms with Gasteiger partial charge in [-0.1, -0.05) is 36.4 Å². The smallest absolute Gasteiger partial charge is 0.111 e. The molecule has 2 atom stereocenters. The summed E-state index contributed by atoms with van der Waals surface area (Å²) in [5.74, 6) is 1.31. The first-order chi connectivity index (χ1) is 11.6. The minimum Gasteiger partial charge on any atom is -0.351 e. The molecule has 24 heavy (non-hydrogen) atoms. The van der Waals surface area contributed by atoms with Gasteiger partial charge in [-0.05, 0) is 38.5 Å². The minimum absolute atomic E-state index is 0.0485. The lowest BCUT2D eigenvalue weighted by Gasteiger charge is -2.60. The minimum atomic E-state index is 0.0485. The molecule has 0 aliphatic carbocycles. The van der Waals surface area contributed by atoms with Crippen LogP contribution in [-0.4, -0.2) is 17.3 Å².